The number of nitrogens with zero attached hydrogens (tertiary/aromatic N) is 1. The van der Waals surface area contributed by atoms with Crippen molar-refractivity contribution in [3.8, 4) is 0 Å². The van der Waals surface area contributed by atoms with E-state index < -0.39 is 0 Å². The summed E-state index contributed by atoms with van der Waals surface area (Å²) in [6.45, 7) is 2.79. The van der Waals surface area contributed by atoms with Crippen LogP contribution < -0.4 is 5.73 Å². The van der Waals surface area contributed by atoms with E-state index in [1.165, 1.54) is 0 Å². The number of nitrogens with two attached hydrogens (primary N) is 1. The predicted molar refractivity (Wildman–Crippen MR) is 45.2 cm³/mol. The topological polar surface area (TPSA) is 38.4 Å². The van der Waals surface area contributed by atoms with Crippen LogP contribution in [0.1, 0.15) is 19.8 Å². The minimum absolute atomic E-state index is 0.775. The summed E-state index contributed by atoms with van der Waals surface area (Å²) in [5, 5.41) is 1.01. The molecule has 0 aliphatic rings. The fourth-order valence-electron chi connectivity index (χ4n) is 0.530. The Morgan fingerprint density at radius 3 is 2.78 bits per heavy atom. The maximum atomic E-state index is 5.50. The lowest BCUT2D eigenvalue weighted by Gasteiger charge is -1.95. The molecule has 2 nitrogen and oxygen atoms in total. The van der Waals surface area contributed by atoms with E-state index in [-0.39, 0.29) is 0 Å². The Labute approximate surface area is 64.7 Å². The molecule has 0 aromatic rings. The first-order valence-electron chi connectivity index (χ1n) is 3.16. The van der Waals surface area contributed by atoms with Crippen LogP contribution in [0.25, 0.3) is 0 Å². The van der Waals surface area contributed by atoms with E-state index in [0.29, 0.717) is 0 Å². The Kier molecular flexibility index (Phi) is 6.04. The van der Waals surface area contributed by atoms with E-state index >= 15 is 0 Å². The molecule has 0 aliphatic carbocycles. The summed E-state index contributed by atoms with van der Waals surface area (Å²) in [6, 6.07) is 0. The second-order valence-electron chi connectivity index (χ2n) is 1.76. The van der Waals surface area contributed by atoms with Gasteiger partial charge in [0.2, 0.25) is 0 Å². The largest absolute Gasteiger partial charge is 0.387 e. The van der Waals surface area contributed by atoms with Gasteiger partial charge in [-0.3, -0.25) is 4.99 Å². The van der Waals surface area contributed by atoms with E-state index in [0.717, 1.165) is 30.6 Å². The van der Waals surface area contributed by atoms with E-state index in [9.17, 15) is 0 Å². The lowest BCUT2D eigenvalue weighted by atomic mass is 10.3. The summed E-state index contributed by atoms with van der Waals surface area (Å²) < 4.78 is 0. The number of hydrogen-bond donors (Lipinski definition) is 1. The zero-order chi connectivity index (χ0) is 7.11. The van der Waals surface area contributed by atoms with Crippen molar-refractivity contribution in [1.82, 2.24) is 0 Å². The van der Waals surface area contributed by atoms with E-state index in [1.54, 1.807) is 0 Å². The van der Waals surface area contributed by atoms with E-state index in [4.69, 9.17) is 5.73 Å². The molecule has 0 bridgehead atoms. The molecule has 3 heteroatoms. The molecule has 0 rings (SSSR count). The Morgan fingerprint density at radius 2 is 2.33 bits per heavy atom. The predicted octanol–water partition coefficient (Wildman–Crippen LogP) is 1.54. The van der Waals surface area contributed by atoms with Crippen LogP contribution in [0, 0.1) is 0 Å². The molecule has 0 saturated carbocycles. The summed E-state index contributed by atoms with van der Waals surface area (Å²) in [5.74, 6) is 0.775. The first-order chi connectivity index (χ1) is 4.31. The number of hydrogen-bond acceptors (Lipinski definition) is 1. The van der Waals surface area contributed by atoms with E-state index in [1.807, 2.05) is 6.92 Å². The highest BCUT2D eigenvalue weighted by atomic mass is 79.9. The van der Waals surface area contributed by atoms with Gasteiger partial charge in [-0.25, -0.2) is 0 Å². The molecule has 0 aromatic heterocycles. The normalized spacial score (nSPS) is 12.0. The summed E-state index contributed by atoms with van der Waals surface area (Å²) >= 11 is 3.32. The maximum Gasteiger partial charge on any atom is 0.0937 e. The highest BCUT2D eigenvalue weighted by Crippen LogP contribution is 1.93. The molecule has 0 fully saturated rings. The maximum absolute atomic E-state index is 5.50. The molecular formula is C6H13BrN2. The lowest BCUT2D eigenvalue weighted by Crippen LogP contribution is -2.11. The number of rotatable bonds is 4. The number of halogens is 1. The van der Waals surface area contributed by atoms with Gasteiger partial charge in [0.15, 0.2) is 0 Å². The lowest BCUT2D eigenvalue weighted by molar-refractivity contribution is 0.982. The van der Waals surface area contributed by atoms with Crippen LogP contribution in [-0.2, 0) is 0 Å². The molecule has 0 atom stereocenters. The molecular weight excluding hydrogens is 180 g/mol. The van der Waals surface area contributed by atoms with Crippen molar-refractivity contribution in [2.45, 2.75) is 19.8 Å². The Bertz CT molecular complexity index is 91.1. The molecule has 0 aromatic carbocycles. The highest BCUT2D eigenvalue weighted by molar-refractivity contribution is 9.09. The quantitative estimate of drug-likeness (QED) is 0.410. The first kappa shape index (κ1) is 8.95. The van der Waals surface area contributed by atoms with Gasteiger partial charge >= 0.3 is 0 Å². The Balaban J connectivity index is 3.25. The summed E-state index contributed by atoms with van der Waals surface area (Å²) in [7, 11) is 0. The van der Waals surface area contributed by atoms with Gasteiger partial charge in [0, 0.05) is 18.3 Å². The Morgan fingerprint density at radius 1 is 1.67 bits per heavy atom. The molecule has 54 valence electrons. The molecule has 0 heterocycles. The number of alkyl halides is 1. The summed E-state index contributed by atoms with van der Waals surface area (Å²) in [6.07, 6.45) is 1.99. The van der Waals surface area contributed by atoms with Crippen molar-refractivity contribution in [3.05, 3.63) is 0 Å². The van der Waals surface area contributed by atoms with Gasteiger partial charge in [-0.2, -0.15) is 0 Å². The van der Waals surface area contributed by atoms with Crippen molar-refractivity contribution >= 4 is 21.8 Å². The monoisotopic (exact) mass is 192 g/mol. The molecule has 0 unspecified atom stereocenters. The zero-order valence-electron chi connectivity index (χ0n) is 5.73. The first-order valence-corrected chi connectivity index (χ1v) is 4.28. The molecule has 9 heavy (non-hydrogen) atoms. The standard InChI is InChI=1S/C6H13BrN2/c1-2-9-6(8)4-3-5-7/h2-5H2,1H3,(H2,8,9). The highest BCUT2D eigenvalue weighted by Gasteiger charge is 1.88. The second kappa shape index (κ2) is 6.08. The third kappa shape index (κ3) is 5.83. The van der Waals surface area contributed by atoms with Crippen molar-refractivity contribution in [2.24, 2.45) is 10.7 Å². The fraction of sp³-hybridized carbons (Fsp3) is 0.833. The van der Waals surface area contributed by atoms with Gasteiger partial charge in [-0.05, 0) is 13.3 Å². The average Bonchev–Trinajstić information content (AvgIpc) is 1.85. The molecule has 0 spiro atoms. The van der Waals surface area contributed by atoms with Crippen LogP contribution in [-0.4, -0.2) is 17.7 Å². The summed E-state index contributed by atoms with van der Waals surface area (Å²) in [4.78, 5) is 4.04. The van der Waals surface area contributed by atoms with Crippen molar-refractivity contribution in [3.63, 3.8) is 0 Å². The van der Waals surface area contributed by atoms with Gasteiger partial charge in [-0.15, -0.1) is 0 Å². The van der Waals surface area contributed by atoms with Crippen LogP contribution in [0.5, 0.6) is 0 Å². The van der Waals surface area contributed by atoms with Gasteiger partial charge < -0.3 is 5.73 Å². The van der Waals surface area contributed by atoms with Gasteiger partial charge in [0.25, 0.3) is 0 Å². The van der Waals surface area contributed by atoms with Crippen LogP contribution in [0.15, 0.2) is 4.99 Å². The molecule has 0 amide bonds. The number of amidine groups is 1. The van der Waals surface area contributed by atoms with E-state index in [2.05, 4.69) is 20.9 Å². The second-order valence-corrected chi connectivity index (χ2v) is 2.55. The minimum atomic E-state index is 0.775. The van der Waals surface area contributed by atoms with Gasteiger partial charge in [0.05, 0.1) is 5.84 Å². The van der Waals surface area contributed by atoms with Gasteiger partial charge in [0.1, 0.15) is 0 Å². The van der Waals surface area contributed by atoms with Crippen molar-refractivity contribution in [2.75, 3.05) is 11.9 Å². The molecule has 0 saturated heterocycles. The third-order valence-electron chi connectivity index (χ3n) is 0.928. The van der Waals surface area contributed by atoms with Crippen LogP contribution in [0.4, 0.5) is 0 Å². The number of aliphatic imine (C=N–C) groups is 1. The van der Waals surface area contributed by atoms with Crippen LogP contribution in [0.3, 0.4) is 0 Å². The van der Waals surface area contributed by atoms with Crippen molar-refractivity contribution < 1.29 is 0 Å². The summed E-state index contributed by atoms with van der Waals surface area (Å²) in [5.41, 5.74) is 5.50. The molecule has 0 radical (unpaired) electrons. The van der Waals surface area contributed by atoms with Gasteiger partial charge in [-0.1, -0.05) is 15.9 Å². The SMILES string of the molecule is CCN=C(N)CCCBr. The molecule has 0 aliphatic heterocycles. The van der Waals surface area contributed by atoms with Crippen molar-refractivity contribution in [1.29, 1.82) is 0 Å². The fourth-order valence-corrected chi connectivity index (χ4v) is 0.810. The smallest absolute Gasteiger partial charge is 0.0937 e. The minimum Gasteiger partial charge on any atom is -0.387 e. The Hall–Kier alpha value is -0.0500. The zero-order valence-corrected chi connectivity index (χ0v) is 7.32. The van der Waals surface area contributed by atoms with Crippen LogP contribution >= 0.6 is 15.9 Å². The molecule has 2 N–H and O–H groups in total. The third-order valence-corrected chi connectivity index (χ3v) is 1.49. The average molecular weight is 193 g/mol. The van der Waals surface area contributed by atoms with Crippen LogP contribution in [0.2, 0.25) is 0 Å².